The van der Waals surface area contributed by atoms with Crippen molar-refractivity contribution >= 4 is 22.8 Å². The van der Waals surface area contributed by atoms with Crippen LogP contribution in [-0.4, -0.2) is 38.7 Å². The fraction of sp³-hybridized carbons (Fsp3) is 0.357. The molecule has 0 saturated carbocycles. The maximum Gasteiger partial charge on any atom is 0.225 e. The lowest BCUT2D eigenvalue weighted by Crippen LogP contribution is -2.44. The summed E-state index contributed by atoms with van der Waals surface area (Å²) in [6, 6.07) is 16.7. The number of anilines is 1. The Morgan fingerprint density at radius 3 is 2.63 bits per heavy atom. The number of fused-ring (bicyclic) bond motifs is 1. The summed E-state index contributed by atoms with van der Waals surface area (Å²) in [5.74, 6) is 0.856. The molecular weight excluding hydrogens is 436 g/mol. The van der Waals surface area contributed by atoms with Crippen LogP contribution in [-0.2, 0) is 11.2 Å². The largest absolute Gasteiger partial charge is 0.355 e. The molecule has 1 saturated heterocycles. The molecule has 1 aliphatic heterocycles. The molecule has 2 aromatic carbocycles. The van der Waals surface area contributed by atoms with Gasteiger partial charge in [-0.15, -0.1) is 5.10 Å². The maximum absolute atomic E-state index is 13.2. The summed E-state index contributed by atoms with van der Waals surface area (Å²) in [6.07, 6.45) is 6.38. The normalized spacial score (nSPS) is 16.9. The molecule has 5 rings (SSSR count). The monoisotopic (exact) mass is 468 g/mol. The van der Waals surface area contributed by atoms with Gasteiger partial charge in [-0.1, -0.05) is 48.9 Å². The number of rotatable bonds is 6. The highest BCUT2D eigenvalue weighted by Gasteiger charge is 2.29. The molecule has 3 heterocycles. The number of aryl methyl sites for hydroxylation is 2. The van der Waals surface area contributed by atoms with Gasteiger partial charge in [-0.2, -0.15) is 0 Å². The minimum Gasteiger partial charge on any atom is -0.355 e. The summed E-state index contributed by atoms with van der Waals surface area (Å²) in [4.78, 5) is 24.4. The molecule has 0 bridgehead atoms. The Labute approximate surface area is 206 Å². The Morgan fingerprint density at radius 2 is 1.89 bits per heavy atom. The summed E-state index contributed by atoms with van der Waals surface area (Å²) in [7, 11) is 0. The Morgan fingerprint density at radius 1 is 1.11 bits per heavy atom. The second-order valence-corrected chi connectivity index (χ2v) is 9.45. The fourth-order valence-electron chi connectivity index (χ4n) is 4.75. The summed E-state index contributed by atoms with van der Waals surface area (Å²) >= 11 is 0. The number of nitrogens with one attached hydrogen (secondary N) is 1. The van der Waals surface area contributed by atoms with Crippen LogP contribution >= 0.6 is 0 Å². The van der Waals surface area contributed by atoms with E-state index in [9.17, 15) is 4.79 Å². The summed E-state index contributed by atoms with van der Waals surface area (Å²) in [5.41, 5.74) is 5.28. The molecule has 0 spiro atoms. The number of piperidine rings is 1. The second kappa shape index (κ2) is 9.86. The van der Waals surface area contributed by atoms with E-state index in [0.29, 0.717) is 12.2 Å². The first kappa shape index (κ1) is 23.0. The first-order valence-corrected chi connectivity index (χ1v) is 12.4. The second-order valence-electron chi connectivity index (χ2n) is 9.45. The summed E-state index contributed by atoms with van der Waals surface area (Å²) in [6.45, 7) is 7.76. The van der Waals surface area contributed by atoms with Crippen molar-refractivity contribution in [1.29, 1.82) is 0 Å². The van der Waals surface area contributed by atoms with Gasteiger partial charge in [0.15, 0.2) is 5.65 Å². The third-order valence-electron chi connectivity index (χ3n) is 6.93. The minimum absolute atomic E-state index is 0.0257. The summed E-state index contributed by atoms with van der Waals surface area (Å²) in [5, 5.41) is 8.80. The van der Waals surface area contributed by atoms with Crippen molar-refractivity contribution in [3.63, 3.8) is 0 Å². The van der Waals surface area contributed by atoms with E-state index < -0.39 is 0 Å². The third kappa shape index (κ3) is 4.90. The Hall–Kier alpha value is -3.74. The summed E-state index contributed by atoms with van der Waals surface area (Å²) < 4.78 is 1.85. The molecule has 1 amide bonds. The molecular formula is C28H32N6O. The van der Waals surface area contributed by atoms with Crippen LogP contribution in [0.25, 0.3) is 16.7 Å². The highest BCUT2D eigenvalue weighted by molar-refractivity contribution is 5.87. The van der Waals surface area contributed by atoms with E-state index in [1.165, 1.54) is 11.1 Å². The van der Waals surface area contributed by atoms with Gasteiger partial charge in [-0.05, 0) is 56.4 Å². The van der Waals surface area contributed by atoms with Crippen molar-refractivity contribution in [3.8, 4) is 5.69 Å². The molecule has 7 nitrogen and oxygen atoms in total. The van der Waals surface area contributed by atoms with Gasteiger partial charge in [0, 0.05) is 19.3 Å². The highest BCUT2D eigenvalue weighted by Crippen LogP contribution is 2.28. The van der Waals surface area contributed by atoms with Crippen molar-refractivity contribution in [3.05, 3.63) is 77.7 Å². The molecule has 0 aliphatic carbocycles. The van der Waals surface area contributed by atoms with Gasteiger partial charge < -0.3 is 10.2 Å². The van der Waals surface area contributed by atoms with Crippen LogP contribution in [0.1, 0.15) is 49.4 Å². The van der Waals surface area contributed by atoms with E-state index in [1.807, 2.05) is 29.9 Å². The standard InChI is InChI=1S/C28H32N6O/c1-4-21-9-11-22(12-10-21)20(3)31-28(35)23-6-5-15-33(16-23)27-25-17-34(32-26(25)29-18-30-27)24-13-7-19(2)8-14-24/h7-14,17-18,20,23H,4-6,15-16H2,1-3H3,(H,31,35)/t20-,23-/m1/s1. The van der Waals surface area contributed by atoms with Gasteiger partial charge in [0.25, 0.3) is 0 Å². The van der Waals surface area contributed by atoms with Crippen LogP contribution in [0.5, 0.6) is 0 Å². The van der Waals surface area contributed by atoms with Gasteiger partial charge in [0.05, 0.1) is 23.0 Å². The average Bonchev–Trinajstić information content (AvgIpc) is 3.33. The number of carbonyl (C=O) groups excluding carboxylic acids is 1. The van der Waals surface area contributed by atoms with Crippen LogP contribution in [0, 0.1) is 12.8 Å². The number of nitrogens with zero attached hydrogens (tertiary/aromatic N) is 5. The van der Waals surface area contributed by atoms with Crippen molar-refractivity contribution in [2.45, 2.75) is 46.1 Å². The predicted octanol–water partition coefficient (Wildman–Crippen LogP) is 4.78. The number of carbonyl (C=O) groups is 1. The van der Waals surface area contributed by atoms with Crippen molar-refractivity contribution in [2.24, 2.45) is 5.92 Å². The number of amides is 1. The maximum atomic E-state index is 13.2. The molecule has 0 unspecified atom stereocenters. The van der Waals surface area contributed by atoms with E-state index in [0.717, 1.165) is 48.3 Å². The van der Waals surface area contributed by atoms with E-state index in [4.69, 9.17) is 0 Å². The van der Waals surface area contributed by atoms with E-state index >= 15 is 0 Å². The highest BCUT2D eigenvalue weighted by atomic mass is 16.2. The number of hydrogen-bond donors (Lipinski definition) is 1. The van der Waals surface area contributed by atoms with Crippen LogP contribution < -0.4 is 10.2 Å². The lowest BCUT2D eigenvalue weighted by Gasteiger charge is -2.33. The van der Waals surface area contributed by atoms with Gasteiger partial charge in [0.1, 0.15) is 12.1 Å². The van der Waals surface area contributed by atoms with Gasteiger partial charge in [0.2, 0.25) is 5.91 Å². The van der Waals surface area contributed by atoms with Crippen molar-refractivity contribution in [1.82, 2.24) is 25.1 Å². The lowest BCUT2D eigenvalue weighted by molar-refractivity contribution is -0.125. The Kier molecular flexibility index (Phi) is 6.49. The molecule has 35 heavy (non-hydrogen) atoms. The van der Waals surface area contributed by atoms with E-state index in [2.05, 4.69) is 75.5 Å². The van der Waals surface area contributed by atoms with Crippen molar-refractivity contribution in [2.75, 3.05) is 18.0 Å². The Bertz CT molecular complexity index is 1310. The van der Waals surface area contributed by atoms with Crippen LogP contribution in [0.4, 0.5) is 5.82 Å². The number of hydrogen-bond acceptors (Lipinski definition) is 5. The smallest absolute Gasteiger partial charge is 0.225 e. The topological polar surface area (TPSA) is 75.9 Å². The first-order valence-electron chi connectivity index (χ1n) is 12.4. The van der Waals surface area contributed by atoms with Gasteiger partial charge in [-0.3, -0.25) is 4.79 Å². The molecule has 180 valence electrons. The SMILES string of the molecule is CCc1ccc([C@@H](C)NC(=O)[C@@H]2CCCN(c3ncnc4nn(-c5ccc(C)cc5)cc34)C2)cc1. The fourth-order valence-corrected chi connectivity index (χ4v) is 4.75. The molecule has 1 fully saturated rings. The molecule has 4 aromatic rings. The zero-order valence-corrected chi connectivity index (χ0v) is 20.6. The average molecular weight is 469 g/mol. The Balaban J connectivity index is 1.32. The van der Waals surface area contributed by atoms with Gasteiger partial charge in [-0.25, -0.2) is 14.6 Å². The van der Waals surface area contributed by atoms with Crippen LogP contribution in [0.15, 0.2) is 61.1 Å². The third-order valence-corrected chi connectivity index (χ3v) is 6.93. The zero-order valence-electron chi connectivity index (χ0n) is 20.6. The predicted molar refractivity (Wildman–Crippen MR) is 139 cm³/mol. The zero-order chi connectivity index (χ0) is 24.4. The lowest BCUT2D eigenvalue weighted by atomic mass is 9.96. The molecule has 2 atom stereocenters. The molecule has 1 N–H and O–H groups in total. The number of aromatic nitrogens is 4. The molecule has 0 radical (unpaired) electrons. The molecule has 7 heteroatoms. The quantitative estimate of drug-likeness (QED) is 0.441. The molecule has 1 aliphatic rings. The van der Waals surface area contributed by atoms with Gasteiger partial charge >= 0.3 is 0 Å². The van der Waals surface area contributed by atoms with E-state index in [-0.39, 0.29) is 17.9 Å². The first-order chi connectivity index (χ1) is 17.0. The number of benzene rings is 2. The molecule has 2 aromatic heterocycles. The van der Waals surface area contributed by atoms with Crippen LogP contribution in [0.2, 0.25) is 0 Å². The van der Waals surface area contributed by atoms with Crippen LogP contribution in [0.3, 0.4) is 0 Å². The van der Waals surface area contributed by atoms with Crippen molar-refractivity contribution < 1.29 is 4.79 Å². The van der Waals surface area contributed by atoms with E-state index in [1.54, 1.807) is 6.33 Å². The minimum atomic E-state index is -0.0849.